The van der Waals surface area contributed by atoms with E-state index in [-0.39, 0.29) is 0 Å². The molecule has 2 nitrogen and oxygen atoms in total. The van der Waals surface area contributed by atoms with Crippen molar-refractivity contribution < 1.29 is 0 Å². The van der Waals surface area contributed by atoms with Crippen LogP contribution in [0.5, 0.6) is 0 Å². The van der Waals surface area contributed by atoms with E-state index in [1.807, 2.05) is 12.1 Å². The number of hydrogen-bond acceptors (Lipinski definition) is 1. The van der Waals surface area contributed by atoms with Crippen LogP contribution in [0.2, 0.25) is 0 Å². The van der Waals surface area contributed by atoms with Crippen molar-refractivity contribution in [2.45, 2.75) is 33.1 Å². The number of hydrogen-bond donors (Lipinski definition) is 0. The van der Waals surface area contributed by atoms with Gasteiger partial charge < -0.3 is 0 Å². The van der Waals surface area contributed by atoms with E-state index in [0.717, 1.165) is 18.2 Å². The molecule has 0 bridgehead atoms. The lowest BCUT2D eigenvalue weighted by atomic mass is 9.74. The fourth-order valence-electron chi connectivity index (χ4n) is 2.96. The molecule has 0 unspecified atom stereocenters. The summed E-state index contributed by atoms with van der Waals surface area (Å²) in [7, 11) is 0. The van der Waals surface area contributed by atoms with Gasteiger partial charge in [-0.3, -0.25) is 0 Å². The van der Waals surface area contributed by atoms with Gasteiger partial charge in [0.25, 0.3) is 0 Å². The summed E-state index contributed by atoms with van der Waals surface area (Å²) in [6, 6.07) is 10.3. The highest BCUT2D eigenvalue weighted by molar-refractivity contribution is 5.95. The number of aryl methyl sites for hydroxylation is 1. The molecule has 0 aromatic heterocycles. The van der Waals surface area contributed by atoms with E-state index in [2.05, 4.69) is 37.0 Å². The summed E-state index contributed by atoms with van der Waals surface area (Å²) >= 11 is 0. The average Bonchev–Trinajstić information content (AvgIpc) is 2.34. The zero-order valence-corrected chi connectivity index (χ0v) is 10.9. The summed E-state index contributed by atoms with van der Waals surface area (Å²) in [5, 5.41) is 11.3. The highest BCUT2D eigenvalue weighted by Crippen LogP contribution is 2.38. The monoisotopic (exact) mass is 237 g/mol. The predicted molar refractivity (Wildman–Crippen MR) is 74.5 cm³/mol. The van der Waals surface area contributed by atoms with Crippen LogP contribution >= 0.6 is 0 Å². The van der Waals surface area contributed by atoms with E-state index in [1.54, 1.807) is 0 Å². The van der Waals surface area contributed by atoms with Gasteiger partial charge in [0.2, 0.25) is 5.39 Å². The van der Waals surface area contributed by atoms with Gasteiger partial charge in [-0.25, -0.2) is 0 Å². The number of diazo groups is 1. The first kappa shape index (κ1) is 11.2. The Kier molecular flexibility index (Phi) is 2.38. The molecule has 0 spiro atoms. The van der Waals surface area contributed by atoms with Crippen molar-refractivity contribution >= 4 is 16.5 Å². The van der Waals surface area contributed by atoms with Crippen LogP contribution < -0.4 is 0 Å². The van der Waals surface area contributed by atoms with Gasteiger partial charge in [-0.15, -0.1) is 0 Å². The second kappa shape index (κ2) is 3.81. The second-order valence-electron chi connectivity index (χ2n) is 6.06. The Morgan fingerprint density at radius 3 is 2.78 bits per heavy atom. The van der Waals surface area contributed by atoms with Crippen molar-refractivity contribution in [1.29, 1.82) is 5.39 Å². The Bertz CT molecular complexity index is 663. The first-order valence-electron chi connectivity index (χ1n) is 6.49. The summed E-state index contributed by atoms with van der Waals surface area (Å²) < 4.78 is 0. The van der Waals surface area contributed by atoms with Gasteiger partial charge in [0.15, 0.2) is 4.98 Å². The van der Waals surface area contributed by atoms with E-state index in [4.69, 9.17) is 5.39 Å². The summed E-state index contributed by atoms with van der Waals surface area (Å²) in [4.78, 5) is 3.38. The average molecular weight is 237 g/mol. The largest absolute Gasteiger partial charge is 0.392 e. The molecule has 0 saturated carbocycles. The van der Waals surface area contributed by atoms with Crippen LogP contribution in [0.3, 0.4) is 0 Å². The van der Waals surface area contributed by atoms with Gasteiger partial charge in [0.05, 0.1) is 5.39 Å². The summed E-state index contributed by atoms with van der Waals surface area (Å²) in [5.74, 6) is 0. The number of benzene rings is 2. The molecular weight excluding hydrogens is 220 g/mol. The standard InChI is InChI=1S/C16H17N2/c1-16(2)7-6-11-9-14-12(8-13(11)10-16)4-3-5-15(14)18-17/h3-5,8-9H,6-7,10H2,1-2H3/q+1. The van der Waals surface area contributed by atoms with E-state index in [1.165, 1.54) is 22.9 Å². The molecule has 3 rings (SSSR count). The first-order chi connectivity index (χ1) is 8.59. The molecule has 0 radical (unpaired) electrons. The van der Waals surface area contributed by atoms with Crippen molar-refractivity contribution in [3.05, 3.63) is 46.4 Å². The van der Waals surface area contributed by atoms with Gasteiger partial charge in [-0.05, 0) is 47.3 Å². The van der Waals surface area contributed by atoms with Crippen molar-refractivity contribution in [1.82, 2.24) is 0 Å². The molecule has 1 aliphatic carbocycles. The predicted octanol–water partition coefficient (Wildman–Crippen LogP) is 4.84. The fourth-order valence-corrected chi connectivity index (χ4v) is 2.96. The first-order valence-corrected chi connectivity index (χ1v) is 6.49. The zero-order valence-electron chi connectivity index (χ0n) is 10.9. The lowest BCUT2D eigenvalue weighted by Crippen LogP contribution is -2.21. The molecule has 0 atom stereocenters. The Morgan fingerprint density at radius 2 is 2.00 bits per heavy atom. The minimum absolute atomic E-state index is 0.402. The topological polar surface area (TPSA) is 28.1 Å². The van der Waals surface area contributed by atoms with Gasteiger partial charge >= 0.3 is 5.69 Å². The number of rotatable bonds is 0. The Hall–Kier alpha value is -1.88. The summed E-state index contributed by atoms with van der Waals surface area (Å²) in [5.41, 5.74) is 3.94. The molecule has 0 fully saturated rings. The minimum atomic E-state index is 0.402. The van der Waals surface area contributed by atoms with Crippen LogP contribution in [0.4, 0.5) is 5.69 Å². The lowest BCUT2D eigenvalue weighted by Gasteiger charge is -2.31. The zero-order chi connectivity index (χ0) is 12.8. The van der Waals surface area contributed by atoms with Crippen LogP contribution in [-0.4, -0.2) is 0 Å². The van der Waals surface area contributed by atoms with E-state index >= 15 is 0 Å². The van der Waals surface area contributed by atoms with Gasteiger partial charge in [0, 0.05) is 6.07 Å². The van der Waals surface area contributed by atoms with Crippen molar-refractivity contribution in [2.75, 3.05) is 0 Å². The molecule has 0 aliphatic heterocycles. The molecule has 0 saturated heterocycles. The molecule has 2 heteroatoms. The van der Waals surface area contributed by atoms with Gasteiger partial charge in [-0.2, -0.15) is 0 Å². The Labute approximate surface area is 107 Å². The van der Waals surface area contributed by atoms with Crippen LogP contribution in [0, 0.1) is 10.8 Å². The maximum Gasteiger partial charge on any atom is 0.392 e. The molecular formula is C16H17N2+. The molecule has 0 heterocycles. The van der Waals surface area contributed by atoms with E-state index < -0.39 is 0 Å². The molecule has 2 aromatic rings. The Morgan fingerprint density at radius 1 is 1.17 bits per heavy atom. The van der Waals surface area contributed by atoms with Crippen LogP contribution in [-0.2, 0) is 12.8 Å². The van der Waals surface area contributed by atoms with E-state index in [9.17, 15) is 0 Å². The van der Waals surface area contributed by atoms with Crippen LogP contribution in [0.1, 0.15) is 31.4 Å². The second-order valence-corrected chi connectivity index (χ2v) is 6.06. The SMILES string of the molecule is CC1(C)CCc2cc3c([N+]#N)cccc3cc2C1. The van der Waals surface area contributed by atoms with Crippen molar-refractivity contribution in [3.63, 3.8) is 0 Å². The third-order valence-corrected chi connectivity index (χ3v) is 4.03. The van der Waals surface area contributed by atoms with Gasteiger partial charge in [0.1, 0.15) is 0 Å². The summed E-state index contributed by atoms with van der Waals surface area (Å²) in [6.07, 6.45) is 3.49. The molecule has 2 aromatic carbocycles. The smallest absolute Gasteiger partial charge is 0.0596 e. The van der Waals surface area contributed by atoms with E-state index in [0.29, 0.717) is 11.1 Å². The van der Waals surface area contributed by atoms with Crippen LogP contribution in [0.25, 0.3) is 15.7 Å². The number of fused-ring (bicyclic) bond motifs is 2. The highest BCUT2D eigenvalue weighted by Gasteiger charge is 2.26. The number of nitrogens with zero attached hydrogens (tertiary/aromatic N) is 2. The normalized spacial score (nSPS) is 17.2. The van der Waals surface area contributed by atoms with Crippen LogP contribution in [0.15, 0.2) is 30.3 Å². The molecule has 90 valence electrons. The van der Waals surface area contributed by atoms with Gasteiger partial charge in [-0.1, -0.05) is 32.0 Å². The molecule has 0 N–H and O–H groups in total. The molecule has 18 heavy (non-hydrogen) atoms. The lowest BCUT2D eigenvalue weighted by molar-refractivity contribution is 0.315. The molecule has 0 amide bonds. The maximum atomic E-state index is 9.05. The minimum Gasteiger partial charge on any atom is -0.0596 e. The van der Waals surface area contributed by atoms with Crippen molar-refractivity contribution in [3.8, 4) is 0 Å². The summed E-state index contributed by atoms with van der Waals surface area (Å²) in [6.45, 7) is 4.67. The molecule has 1 aliphatic rings. The fraction of sp³-hybridized carbons (Fsp3) is 0.375. The third kappa shape index (κ3) is 1.76. The quantitative estimate of drug-likeness (QED) is 0.602. The Balaban J connectivity index is 2.23. The maximum absolute atomic E-state index is 9.05. The van der Waals surface area contributed by atoms with Crippen molar-refractivity contribution in [2.24, 2.45) is 5.41 Å². The highest BCUT2D eigenvalue weighted by atomic mass is 14.8. The third-order valence-electron chi connectivity index (χ3n) is 4.03.